The van der Waals surface area contributed by atoms with Crippen molar-refractivity contribution in [2.45, 2.75) is 6.61 Å². The maximum atomic E-state index is 11.8. The third kappa shape index (κ3) is 4.97. The average Bonchev–Trinajstić information content (AvgIpc) is 2.69. The molecule has 1 amide bonds. The first-order valence-electron chi connectivity index (χ1n) is 7.67. The smallest absolute Gasteiger partial charge is 0.291 e. The third-order valence-corrected chi connectivity index (χ3v) is 3.30. The van der Waals surface area contributed by atoms with Crippen molar-refractivity contribution < 1.29 is 9.53 Å². The molecule has 0 unspecified atom stereocenters. The molecule has 6 heteroatoms. The van der Waals surface area contributed by atoms with Gasteiger partial charge in [-0.1, -0.05) is 30.3 Å². The van der Waals surface area contributed by atoms with Crippen molar-refractivity contribution in [3.8, 4) is 5.75 Å². The fourth-order valence-electron chi connectivity index (χ4n) is 2.03. The quantitative estimate of drug-likeness (QED) is 0.556. The van der Waals surface area contributed by atoms with Crippen molar-refractivity contribution >= 4 is 12.1 Å². The van der Waals surface area contributed by atoms with Gasteiger partial charge in [-0.15, -0.1) is 0 Å². The van der Waals surface area contributed by atoms with Gasteiger partial charge in [0.05, 0.1) is 12.4 Å². The molecule has 1 N–H and O–H groups in total. The number of ether oxygens (including phenoxy) is 1. The van der Waals surface area contributed by atoms with Crippen molar-refractivity contribution in [2.24, 2.45) is 5.10 Å². The molecule has 0 spiro atoms. The van der Waals surface area contributed by atoms with E-state index in [1.165, 1.54) is 18.6 Å². The topological polar surface area (TPSA) is 76.5 Å². The number of hydrazone groups is 1. The molecule has 0 saturated heterocycles. The molecule has 1 aromatic heterocycles. The summed E-state index contributed by atoms with van der Waals surface area (Å²) in [7, 11) is 0. The second-order valence-corrected chi connectivity index (χ2v) is 5.13. The van der Waals surface area contributed by atoms with Crippen LogP contribution in [0.25, 0.3) is 0 Å². The molecular formula is C19H16N4O2. The van der Waals surface area contributed by atoms with Gasteiger partial charge in [0, 0.05) is 12.4 Å². The number of carbonyl (C=O) groups excluding carboxylic acids is 1. The largest absolute Gasteiger partial charge is 0.489 e. The summed E-state index contributed by atoms with van der Waals surface area (Å²) in [6.45, 7) is 0.516. The van der Waals surface area contributed by atoms with Crippen LogP contribution in [-0.2, 0) is 6.61 Å². The maximum Gasteiger partial charge on any atom is 0.291 e. The summed E-state index contributed by atoms with van der Waals surface area (Å²) in [6, 6.07) is 17.4. The SMILES string of the molecule is O=C(N/N=C\c1ccc(OCc2ccccc2)cc1)c1cnccn1. The summed E-state index contributed by atoms with van der Waals surface area (Å²) in [6.07, 6.45) is 5.88. The number of carbonyl (C=O) groups is 1. The zero-order valence-electron chi connectivity index (χ0n) is 13.4. The molecule has 0 aliphatic carbocycles. The zero-order valence-corrected chi connectivity index (χ0v) is 13.4. The molecule has 124 valence electrons. The van der Waals surface area contributed by atoms with E-state index in [4.69, 9.17) is 4.74 Å². The number of nitrogens with zero attached hydrogens (tertiary/aromatic N) is 3. The Bertz CT molecular complexity index is 834. The number of rotatable bonds is 6. The van der Waals surface area contributed by atoms with Gasteiger partial charge in [0.25, 0.3) is 5.91 Å². The molecule has 0 aliphatic heterocycles. The van der Waals surface area contributed by atoms with Crippen LogP contribution in [0.3, 0.4) is 0 Å². The van der Waals surface area contributed by atoms with Crippen molar-refractivity contribution in [3.63, 3.8) is 0 Å². The van der Waals surface area contributed by atoms with Gasteiger partial charge in [-0.2, -0.15) is 5.10 Å². The molecule has 0 fully saturated rings. The van der Waals surface area contributed by atoms with Crippen molar-refractivity contribution in [2.75, 3.05) is 0 Å². The average molecular weight is 332 g/mol. The van der Waals surface area contributed by atoms with Gasteiger partial charge in [-0.25, -0.2) is 10.4 Å². The molecular weight excluding hydrogens is 316 g/mol. The van der Waals surface area contributed by atoms with Crippen LogP contribution in [0.4, 0.5) is 0 Å². The molecule has 0 saturated carbocycles. The van der Waals surface area contributed by atoms with Crippen LogP contribution in [0.2, 0.25) is 0 Å². The van der Waals surface area contributed by atoms with E-state index in [0.29, 0.717) is 6.61 Å². The highest BCUT2D eigenvalue weighted by Crippen LogP contribution is 2.13. The molecule has 6 nitrogen and oxygen atoms in total. The zero-order chi connectivity index (χ0) is 17.3. The van der Waals surface area contributed by atoms with Gasteiger partial charge in [-0.05, 0) is 35.4 Å². The fraction of sp³-hybridized carbons (Fsp3) is 0.0526. The summed E-state index contributed by atoms with van der Waals surface area (Å²) in [5.41, 5.74) is 4.57. The molecule has 0 atom stereocenters. The summed E-state index contributed by atoms with van der Waals surface area (Å²) in [5.74, 6) is 0.358. The van der Waals surface area contributed by atoms with Crippen molar-refractivity contribution in [1.29, 1.82) is 0 Å². The lowest BCUT2D eigenvalue weighted by Gasteiger charge is -2.06. The van der Waals surface area contributed by atoms with E-state index >= 15 is 0 Å². The van der Waals surface area contributed by atoms with Gasteiger partial charge in [0.15, 0.2) is 0 Å². The van der Waals surface area contributed by atoms with Gasteiger partial charge >= 0.3 is 0 Å². The van der Waals surface area contributed by atoms with E-state index in [-0.39, 0.29) is 5.69 Å². The number of benzene rings is 2. The number of nitrogens with one attached hydrogen (secondary N) is 1. The van der Waals surface area contributed by atoms with Crippen LogP contribution < -0.4 is 10.2 Å². The number of hydrogen-bond acceptors (Lipinski definition) is 5. The Hall–Kier alpha value is -3.54. The predicted octanol–water partition coefficient (Wildman–Crippen LogP) is 2.82. The summed E-state index contributed by atoms with van der Waals surface area (Å²) >= 11 is 0. The summed E-state index contributed by atoms with van der Waals surface area (Å²) in [5, 5.41) is 3.91. The molecule has 0 bridgehead atoms. The minimum atomic E-state index is -0.410. The molecule has 2 aromatic carbocycles. The minimum absolute atomic E-state index is 0.212. The summed E-state index contributed by atoms with van der Waals surface area (Å²) in [4.78, 5) is 19.5. The van der Waals surface area contributed by atoms with Gasteiger partial charge in [-0.3, -0.25) is 9.78 Å². The Balaban J connectivity index is 1.51. The summed E-state index contributed by atoms with van der Waals surface area (Å²) < 4.78 is 5.72. The monoisotopic (exact) mass is 332 g/mol. The number of aromatic nitrogens is 2. The Morgan fingerprint density at radius 3 is 2.60 bits per heavy atom. The normalized spacial score (nSPS) is 10.6. The maximum absolute atomic E-state index is 11.8. The highest BCUT2D eigenvalue weighted by Gasteiger charge is 2.04. The lowest BCUT2D eigenvalue weighted by molar-refractivity contribution is 0.0949. The number of amides is 1. The highest BCUT2D eigenvalue weighted by atomic mass is 16.5. The van der Waals surface area contributed by atoms with Crippen LogP contribution in [0.5, 0.6) is 5.75 Å². The van der Waals surface area contributed by atoms with E-state index in [0.717, 1.165) is 16.9 Å². The van der Waals surface area contributed by atoms with Crippen LogP contribution >= 0.6 is 0 Å². The third-order valence-electron chi connectivity index (χ3n) is 3.30. The van der Waals surface area contributed by atoms with Gasteiger partial charge < -0.3 is 4.74 Å². The van der Waals surface area contributed by atoms with Crippen LogP contribution in [0.1, 0.15) is 21.6 Å². The lowest BCUT2D eigenvalue weighted by Crippen LogP contribution is -2.19. The first-order chi connectivity index (χ1) is 12.3. The Labute approximate surface area is 145 Å². The van der Waals surface area contributed by atoms with Crippen LogP contribution in [0.15, 0.2) is 78.3 Å². The lowest BCUT2D eigenvalue weighted by atomic mass is 10.2. The first kappa shape index (κ1) is 16.3. The fourth-order valence-corrected chi connectivity index (χ4v) is 2.03. The van der Waals surface area contributed by atoms with Gasteiger partial charge in [0.1, 0.15) is 18.1 Å². The Morgan fingerprint density at radius 2 is 1.88 bits per heavy atom. The minimum Gasteiger partial charge on any atom is -0.489 e. The van der Waals surface area contributed by atoms with Gasteiger partial charge in [0.2, 0.25) is 0 Å². The molecule has 25 heavy (non-hydrogen) atoms. The van der Waals surface area contributed by atoms with E-state index in [1.807, 2.05) is 54.6 Å². The second kappa shape index (κ2) is 8.35. The molecule has 1 heterocycles. The van der Waals surface area contributed by atoms with E-state index < -0.39 is 5.91 Å². The molecule has 3 rings (SSSR count). The Morgan fingerprint density at radius 1 is 1.08 bits per heavy atom. The van der Waals surface area contributed by atoms with E-state index in [1.54, 1.807) is 6.21 Å². The van der Waals surface area contributed by atoms with E-state index in [9.17, 15) is 4.79 Å². The van der Waals surface area contributed by atoms with Crippen LogP contribution in [-0.4, -0.2) is 22.1 Å². The molecule has 3 aromatic rings. The second-order valence-electron chi connectivity index (χ2n) is 5.13. The molecule has 0 radical (unpaired) electrons. The standard InChI is InChI=1S/C19H16N4O2/c24-19(18-13-20-10-11-21-18)23-22-12-15-6-8-17(9-7-15)25-14-16-4-2-1-3-5-16/h1-13H,14H2,(H,23,24)/b22-12-. The Kier molecular flexibility index (Phi) is 5.45. The highest BCUT2D eigenvalue weighted by molar-refractivity contribution is 5.92. The van der Waals surface area contributed by atoms with Crippen molar-refractivity contribution in [1.82, 2.24) is 15.4 Å². The first-order valence-corrected chi connectivity index (χ1v) is 7.67. The number of hydrogen-bond donors (Lipinski definition) is 1. The predicted molar refractivity (Wildman–Crippen MR) is 94.3 cm³/mol. The van der Waals surface area contributed by atoms with Crippen LogP contribution in [0, 0.1) is 0 Å². The van der Waals surface area contributed by atoms with E-state index in [2.05, 4.69) is 20.5 Å². The van der Waals surface area contributed by atoms with Crippen molar-refractivity contribution in [3.05, 3.63) is 90.0 Å². The molecule has 0 aliphatic rings.